The van der Waals surface area contributed by atoms with E-state index in [2.05, 4.69) is 0 Å². The van der Waals surface area contributed by atoms with Gasteiger partial charge in [0.05, 0.1) is 5.92 Å². The van der Waals surface area contributed by atoms with Crippen molar-refractivity contribution < 1.29 is 23.1 Å². The van der Waals surface area contributed by atoms with Gasteiger partial charge < -0.3 is 5.11 Å². The van der Waals surface area contributed by atoms with E-state index in [1.165, 1.54) is 18.2 Å². The van der Waals surface area contributed by atoms with Crippen molar-refractivity contribution in [1.29, 1.82) is 0 Å². The third kappa shape index (κ3) is 4.08. The number of hydrogen-bond donors (Lipinski definition) is 1. The summed E-state index contributed by atoms with van der Waals surface area (Å²) in [5.74, 6) is -4.11. The molecule has 21 heavy (non-hydrogen) atoms. The number of benzene rings is 2. The summed E-state index contributed by atoms with van der Waals surface area (Å²) in [5, 5.41) is 9.22. The van der Waals surface area contributed by atoms with Gasteiger partial charge in [0, 0.05) is 6.07 Å². The first-order valence-electron chi connectivity index (χ1n) is 6.37. The highest BCUT2D eigenvalue weighted by molar-refractivity contribution is 5.70. The molecule has 0 amide bonds. The molecule has 0 bridgehead atoms. The second-order valence-electron chi connectivity index (χ2n) is 4.81. The largest absolute Gasteiger partial charge is 0.481 e. The van der Waals surface area contributed by atoms with E-state index in [0.717, 1.165) is 18.2 Å². The molecule has 2 rings (SSSR count). The molecule has 5 heteroatoms. The van der Waals surface area contributed by atoms with E-state index in [1.807, 2.05) is 0 Å². The fraction of sp³-hybridized carbons (Fsp3) is 0.188. The number of rotatable bonds is 5. The molecule has 0 saturated heterocycles. The summed E-state index contributed by atoms with van der Waals surface area (Å²) in [7, 11) is 0. The summed E-state index contributed by atoms with van der Waals surface area (Å²) in [6, 6.07) is 8.75. The molecular formula is C16H13F3O2. The van der Waals surface area contributed by atoms with Crippen LogP contribution in [0.15, 0.2) is 42.5 Å². The third-order valence-corrected chi connectivity index (χ3v) is 3.18. The summed E-state index contributed by atoms with van der Waals surface area (Å²) < 4.78 is 39.8. The monoisotopic (exact) mass is 294 g/mol. The van der Waals surface area contributed by atoms with Gasteiger partial charge in [-0.1, -0.05) is 18.2 Å². The van der Waals surface area contributed by atoms with Gasteiger partial charge in [-0.05, 0) is 42.2 Å². The predicted molar refractivity (Wildman–Crippen MR) is 71.3 cm³/mol. The summed E-state index contributed by atoms with van der Waals surface area (Å²) in [6.45, 7) is 0. The minimum atomic E-state index is -1.14. The van der Waals surface area contributed by atoms with Gasteiger partial charge in [-0.25, -0.2) is 13.2 Å². The first-order chi connectivity index (χ1) is 9.95. The maximum atomic E-state index is 13.6. The lowest BCUT2D eigenvalue weighted by molar-refractivity contribution is -0.141. The first-order valence-corrected chi connectivity index (χ1v) is 6.37. The molecule has 0 radical (unpaired) electrons. The number of carbonyl (C=O) groups is 1. The van der Waals surface area contributed by atoms with Crippen LogP contribution < -0.4 is 0 Å². The van der Waals surface area contributed by atoms with Gasteiger partial charge in [-0.15, -0.1) is 0 Å². The molecule has 0 fully saturated rings. The average molecular weight is 294 g/mol. The number of hydrogen-bond acceptors (Lipinski definition) is 1. The second kappa shape index (κ2) is 6.43. The van der Waals surface area contributed by atoms with Crippen LogP contribution in [0.3, 0.4) is 0 Å². The fourth-order valence-electron chi connectivity index (χ4n) is 2.19. The van der Waals surface area contributed by atoms with Crippen LogP contribution in [0.5, 0.6) is 0 Å². The molecule has 0 aliphatic rings. The highest BCUT2D eigenvalue weighted by Gasteiger charge is 2.20. The summed E-state index contributed by atoms with van der Waals surface area (Å²) >= 11 is 0. The Bertz CT molecular complexity index is 635. The van der Waals surface area contributed by atoms with Gasteiger partial charge in [-0.3, -0.25) is 4.79 Å². The van der Waals surface area contributed by atoms with E-state index in [1.54, 1.807) is 6.07 Å². The van der Waals surface area contributed by atoms with Crippen molar-refractivity contribution in [2.24, 2.45) is 5.92 Å². The smallest absolute Gasteiger partial charge is 0.307 e. The average Bonchev–Trinajstić information content (AvgIpc) is 2.39. The van der Waals surface area contributed by atoms with Crippen LogP contribution in [0.2, 0.25) is 0 Å². The molecule has 0 saturated carbocycles. The lowest BCUT2D eigenvalue weighted by Crippen LogP contribution is -2.20. The summed E-state index contributed by atoms with van der Waals surface area (Å²) in [6.07, 6.45) is -0.113. The number of aliphatic carboxylic acids is 1. The van der Waals surface area contributed by atoms with Crippen molar-refractivity contribution in [3.8, 4) is 0 Å². The molecule has 0 aromatic heterocycles. The topological polar surface area (TPSA) is 37.3 Å². The Morgan fingerprint density at radius 1 is 1.00 bits per heavy atom. The van der Waals surface area contributed by atoms with Crippen LogP contribution in [-0.2, 0) is 17.6 Å². The van der Waals surface area contributed by atoms with Gasteiger partial charge in [0.2, 0.25) is 0 Å². The SMILES string of the molecule is O=C(O)C(Cc1cc(F)cc(F)c1)Cc1ccccc1F. The predicted octanol–water partition coefficient (Wildman–Crippen LogP) is 3.59. The Morgan fingerprint density at radius 3 is 2.19 bits per heavy atom. The third-order valence-electron chi connectivity index (χ3n) is 3.18. The molecule has 1 N–H and O–H groups in total. The van der Waals surface area contributed by atoms with Gasteiger partial charge in [-0.2, -0.15) is 0 Å². The second-order valence-corrected chi connectivity index (χ2v) is 4.81. The normalized spacial score (nSPS) is 12.1. The van der Waals surface area contributed by atoms with Crippen molar-refractivity contribution in [2.45, 2.75) is 12.8 Å². The van der Waals surface area contributed by atoms with Crippen LogP contribution in [0.4, 0.5) is 13.2 Å². The van der Waals surface area contributed by atoms with Crippen LogP contribution in [-0.4, -0.2) is 11.1 Å². The molecular weight excluding hydrogens is 281 g/mol. The van der Waals surface area contributed by atoms with Crippen molar-refractivity contribution in [2.75, 3.05) is 0 Å². The lowest BCUT2D eigenvalue weighted by Gasteiger charge is -2.13. The fourth-order valence-corrected chi connectivity index (χ4v) is 2.19. The molecule has 1 unspecified atom stereocenters. The van der Waals surface area contributed by atoms with Gasteiger partial charge in [0.1, 0.15) is 17.5 Å². The highest BCUT2D eigenvalue weighted by atomic mass is 19.1. The quantitative estimate of drug-likeness (QED) is 0.915. The van der Waals surface area contributed by atoms with E-state index < -0.39 is 29.3 Å². The first kappa shape index (κ1) is 15.1. The van der Waals surface area contributed by atoms with Crippen LogP contribution in [0.25, 0.3) is 0 Å². The molecule has 0 heterocycles. The van der Waals surface area contributed by atoms with E-state index in [-0.39, 0.29) is 24.0 Å². The van der Waals surface area contributed by atoms with Crippen molar-refractivity contribution >= 4 is 5.97 Å². The molecule has 0 aliphatic carbocycles. The zero-order valence-corrected chi connectivity index (χ0v) is 11.0. The molecule has 2 nitrogen and oxygen atoms in total. The highest BCUT2D eigenvalue weighted by Crippen LogP contribution is 2.19. The maximum absolute atomic E-state index is 13.6. The molecule has 1 atom stereocenters. The molecule has 2 aromatic rings. The van der Waals surface area contributed by atoms with E-state index in [9.17, 15) is 23.1 Å². The van der Waals surface area contributed by atoms with E-state index in [4.69, 9.17) is 0 Å². The van der Waals surface area contributed by atoms with Crippen molar-refractivity contribution in [3.63, 3.8) is 0 Å². The Morgan fingerprint density at radius 2 is 1.62 bits per heavy atom. The van der Waals surface area contributed by atoms with Gasteiger partial charge in [0.15, 0.2) is 0 Å². The van der Waals surface area contributed by atoms with Crippen LogP contribution >= 0.6 is 0 Å². The molecule has 0 spiro atoms. The minimum Gasteiger partial charge on any atom is -0.481 e. The Hall–Kier alpha value is -2.30. The summed E-state index contributed by atoms with van der Waals surface area (Å²) in [5.41, 5.74) is 0.498. The van der Waals surface area contributed by atoms with E-state index in [0.29, 0.717) is 0 Å². The number of halogens is 3. The molecule has 2 aromatic carbocycles. The summed E-state index contributed by atoms with van der Waals surface area (Å²) in [4.78, 5) is 11.3. The number of carboxylic acid groups (broad SMARTS) is 1. The molecule has 0 aliphatic heterocycles. The van der Waals surface area contributed by atoms with Gasteiger partial charge >= 0.3 is 5.97 Å². The Kier molecular flexibility index (Phi) is 4.62. The van der Waals surface area contributed by atoms with Crippen LogP contribution in [0, 0.1) is 23.4 Å². The van der Waals surface area contributed by atoms with E-state index >= 15 is 0 Å². The maximum Gasteiger partial charge on any atom is 0.307 e. The van der Waals surface area contributed by atoms with Crippen molar-refractivity contribution in [3.05, 3.63) is 71.0 Å². The standard InChI is InChI=1S/C16H13F3O2/c17-13-6-10(7-14(18)9-13)5-12(16(20)21)8-11-3-1-2-4-15(11)19/h1-4,6-7,9,12H,5,8H2,(H,20,21). The minimum absolute atomic E-state index is 0.0415. The Labute approximate surface area is 119 Å². The van der Waals surface area contributed by atoms with Gasteiger partial charge in [0.25, 0.3) is 0 Å². The zero-order chi connectivity index (χ0) is 15.4. The molecule has 110 valence electrons. The number of carboxylic acids is 1. The lowest BCUT2D eigenvalue weighted by atomic mass is 9.92. The van der Waals surface area contributed by atoms with Crippen molar-refractivity contribution in [1.82, 2.24) is 0 Å². The zero-order valence-electron chi connectivity index (χ0n) is 11.0. The van der Waals surface area contributed by atoms with Crippen LogP contribution in [0.1, 0.15) is 11.1 Å². The Balaban J connectivity index is 2.20.